The Bertz CT molecular complexity index is 1070. The summed E-state index contributed by atoms with van der Waals surface area (Å²) in [6, 6.07) is 25.7. The van der Waals surface area contributed by atoms with E-state index >= 15 is 0 Å². The fourth-order valence-electron chi connectivity index (χ4n) is 4.19. The van der Waals surface area contributed by atoms with Gasteiger partial charge in [0.1, 0.15) is 11.7 Å². The number of carbonyl (C=O) groups excluding carboxylic acids is 2. The Morgan fingerprint density at radius 1 is 0.767 bits per heavy atom. The van der Waals surface area contributed by atoms with Crippen molar-refractivity contribution in [3.8, 4) is 5.75 Å². The first-order valence-corrected chi connectivity index (χ1v) is 9.77. The van der Waals surface area contributed by atoms with Crippen LogP contribution < -0.4 is 14.7 Å². The lowest BCUT2D eigenvalue weighted by atomic mass is 9.90. The number of carbonyl (C=O) groups is 2. The van der Waals surface area contributed by atoms with Gasteiger partial charge in [0.15, 0.2) is 6.10 Å². The number of ether oxygens (including phenoxy) is 1. The van der Waals surface area contributed by atoms with Crippen molar-refractivity contribution in [1.29, 1.82) is 0 Å². The molecule has 150 valence electrons. The van der Waals surface area contributed by atoms with Crippen LogP contribution in [-0.4, -0.2) is 25.0 Å². The predicted octanol–water partition coefficient (Wildman–Crippen LogP) is 3.75. The molecule has 0 aliphatic carbocycles. The topological polar surface area (TPSA) is 59.1 Å². The van der Waals surface area contributed by atoms with E-state index in [1.54, 1.807) is 36.4 Å². The molecule has 0 unspecified atom stereocenters. The van der Waals surface area contributed by atoms with Gasteiger partial charge in [0.05, 0.1) is 24.5 Å². The molecule has 0 radical (unpaired) electrons. The Balaban J connectivity index is 1.55. The molecule has 2 amide bonds. The molecule has 0 saturated carbocycles. The van der Waals surface area contributed by atoms with Gasteiger partial charge in [-0.1, -0.05) is 48.5 Å². The quantitative estimate of drug-likeness (QED) is 0.625. The number of hydroxylamine groups is 1. The Kier molecular flexibility index (Phi) is 4.48. The van der Waals surface area contributed by atoms with Crippen LogP contribution in [0.2, 0.25) is 0 Å². The van der Waals surface area contributed by atoms with Gasteiger partial charge in [-0.25, -0.2) is 9.96 Å². The summed E-state index contributed by atoms with van der Waals surface area (Å²) in [5, 5.41) is 1.70. The van der Waals surface area contributed by atoms with Gasteiger partial charge < -0.3 is 4.74 Å². The third kappa shape index (κ3) is 2.84. The smallest absolute Gasteiger partial charge is 0.266 e. The monoisotopic (exact) mass is 400 g/mol. The highest BCUT2D eigenvalue weighted by Crippen LogP contribution is 2.47. The molecule has 3 aromatic carbocycles. The van der Waals surface area contributed by atoms with Crippen molar-refractivity contribution in [3.63, 3.8) is 0 Å². The summed E-state index contributed by atoms with van der Waals surface area (Å²) in [7, 11) is 1.57. The molecule has 2 aliphatic rings. The second-order valence-corrected chi connectivity index (χ2v) is 7.28. The van der Waals surface area contributed by atoms with Crippen LogP contribution in [-0.2, 0) is 14.4 Å². The van der Waals surface area contributed by atoms with Crippen LogP contribution in [0.25, 0.3) is 0 Å². The molecular weight excluding hydrogens is 380 g/mol. The molecule has 3 aromatic rings. The Hall–Kier alpha value is -3.64. The van der Waals surface area contributed by atoms with Crippen molar-refractivity contribution in [2.45, 2.75) is 12.1 Å². The third-order valence-electron chi connectivity index (χ3n) is 5.60. The highest BCUT2D eigenvalue weighted by atomic mass is 16.7. The minimum atomic E-state index is -0.870. The Morgan fingerprint density at radius 2 is 1.40 bits per heavy atom. The number of methoxy groups -OCH3 is 1. The molecule has 2 saturated heterocycles. The lowest BCUT2D eigenvalue weighted by Gasteiger charge is -2.28. The van der Waals surface area contributed by atoms with E-state index in [4.69, 9.17) is 9.57 Å². The van der Waals surface area contributed by atoms with Gasteiger partial charge in [0.2, 0.25) is 5.91 Å². The molecule has 2 heterocycles. The van der Waals surface area contributed by atoms with E-state index in [-0.39, 0.29) is 11.8 Å². The summed E-state index contributed by atoms with van der Waals surface area (Å²) in [6.45, 7) is 0. The zero-order valence-corrected chi connectivity index (χ0v) is 16.3. The fourth-order valence-corrected chi connectivity index (χ4v) is 4.19. The van der Waals surface area contributed by atoms with Crippen LogP contribution in [0.5, 0.6) is 5.75 Å². The van der Waals surface area contributed by atoms with E-state index in [9.17, 15) is 9.59 Å². The van der Waals surface area contributed by atoms with Crippen LogP contribution in [0.3, 0.4) is 0 Å². The zero-order valence-electron chi connectivity index (χ0n) is 16.3. The standard InChI is InChI=1S/C24H20N2O4/c1-29-19-14-12-17(13-15-19)25-23(27)20-21(16-8-4-2-5-9-16)26(30-22(20)24(25)28)18-10-6-3-7-11-18/h2-15,20-22H,1H3/t20-,21-,22+/m0/s1. The maximum atomic E-state index is 13.5. The van der Waals surface area contributed by atoms with E-state index in [0.717, 1.165) is 11.3 Å². The molecule has 6 heteroatoms. The van der Waals surface area contributed by atoms with Crippen LogP contribution in [0, 0.1) is 5.92 Å². The maximum Gasteiger partial charge on any atom is 0.266 e. The molecule has 5 rings (SSSR count). The minimum Gasteiger partial charge on any atom is -0.497 e. The molecule has 0 N–H and O–H groups in total. The van der Waals surface area contributed by atoms with Gasteiger partial charge in [-0.2, -0.15) is 0 Å². The van der Waals surface area contributed by atoms with Gasteiger partial charge in [0, 0.05) is 0 Å². The number of para-hydroxylation sites is 1. The summed E-state index contributed by atoms with van der Waals surface area (Å²) >= 11 is 0. The van der Waals surface area contributed by atoms with Crippen molar-refractivity contribution >= 4 is 23.2 Å². The average molecular weight is 400 g/mol. The number of benzene rings is 3. The van der Waals surface area contributed by atoms with Crippen LogP contribution in [0.1, 0.15) is 11.6 Å². The Morgan fingerprint density at radius 3 is 2.03 bits per heavy atom. The van der Waals surface area contributed by atoms with Gasteiger partial charge >= 0.3 is 0 Å². The number of anilines is 2. The summed E-state index contributed by atoms with van der Waals surface area (Å²) in [5.41, 5.74) is 2.24. The first-order valence-electron chi connectivity index (χ1n) is 9.77. The van der Waals surface area contributed by atoms with E-state index in [1.165, 1.54) is 4.90 Å². The first kappa shape index (κ1) is 18.4. The lowest BCUT2D eigenvalue weighted by Crippen LogP contribution is -2.37. The summed E-state index contributed by atoms with van der Waals surface area (Å²) in [5.74, 6) is -0.592. The number of hydrogen-bond acceptors (Lipinski definition) is 5. The molecule has 6 nitrogen and oxygen atoms in total. The number of imide groups is 1. The second-order valence-electron chi connectivity index (χ2n) is 7.28. The molecular formula is C24H20N2O4. The first-order chi connectivity index (χ1) is 14.7. The normalized spacial score (nSPS) is 23.0. The largest absolute Gasteiger partial charge is 0.497 e. The highest BCUT2D eigenvalue weighted by Gasteiger charge is 2.60. The maximum absolute atomic E-state index is 13.5. The number of amides is 2. The molecule has 2 fully saturated rings. The molecule has 0 bridgehead atoms. The molecule has 30 heavy (non-hydrogen) atoms. The third-order valence-corrected chi connectivity index (χ3v) is 5.60. The van der Waals surface area contributed by atoms with Gasteiger partial charge in [-0.05, 0) is 42.0 Å². The average Bonchev–Trinajstić information content (AvgIpc) is 3.31. The van der Waals surface area contributed by atoms with Crippen molar-refractivity contribution in [2.75, 3.05) is 17.1 Å². The summed E-state index contributed by atoms with van der Waals surface area (Å²) in [6.07, 6.45) is -0.870. The molecule has 0 aromatic heterocycles. The minimum absolute atomic E-state index is 0.262. The van der Waals surface area contributed by atoms with Gasteiger partial charge in [0.25, 0.3) is 5.91 Å². The van der Waals surface area contributed by atoms with E-state index in [2.05, 4.69) is 0 Å². The van der Waals surface area contributed by atoms with Crippen LogP contribution in [0.4, 0.5) is 11.4 Å². The number of rotatable bonds is 4. The molecule has 0 spiro atoms. The predicted molar refractivity (Wildman–Crippen MR) is 112 cm³/mol. The molecule has 3 atom stereocenters. The Labute approximate surface area is 174 Å². The SMILES string of the molecule is COc1ccc(N2C(=O)[C@@H]3[C@@H](ON(c4ccccc4)[C@H]3c3ccccc3)C2=O)cc1. The van der Waals surface area contributed by atoms with Crippen molar-refractivity contribution < 1.29 is 19.2 Å². The van der Waals surface area contributed by atoms with Gasteiger partial charge in [-0.15, -0.1) is 0 Å². The van der Waals surface area contributed by atoms with Crippen LogP contribution in [0.15, 0.2) is 84.9 Å². The zero-order chi connectivity index (χ0) is 20.7. The van der Waals surface area contributed by atoms with Crippen LogP contribution >= 0.6 is 0 Å². The number of hydrogen-bond donors (Lipinski definition) is 0. The van der Waals surface area contributed by atoms with Gasteiger partial charge in [-0.3, -0.25) is 14.4 Å². The number of fused-ring (bicyclic) bond motifs is 1. The summed E-state index contributed by atoms with van der Waals surface area (Å²) in [4.78, 5) is 34.1. The second kappa shape index (κ2) is 7.31. The summed E-state index contributed by atoms with van der Waals surface area (Å²) < 4.78 is 5.18. The van der Waals surface area contributed by atoms with Crippen molar-refractivity contribution in [2.24, 2.45) is 5.92 Å². The van der Waals surface area contributed by atoms with Crippen molar-refractivity contribution in [1.82, 2.24) is 0 Å². The van der Waals surface area contributed by atoms with E-state index in [1.807, 2.05) is 60.7 Å². The lowest BCUT2D eigenvalue weighted by molar-refractivity contribution is -0.126. The fraction of sp³-hybridized carbons (Fsp3) is 0.167. The molecule has 2 aliphatic heterocycles. The number of nitrogens with zero attached hydrogens (tertiary/aromatic N) is 2. The highest BCUT2D eigenvalue weighted by molar-refractivity contribution is 6.23. The van der Waals surface area contributed by atoms with E-state index in [0.29, 0.717) is 11.4 Å². The van der Waals surface area contributed by atoms with E-state index < -0.39 is 18.1 Å². The van der Waals surface area contributed by atoms with Crippen molar-refractivity contribution in [3.05, 3.63) is 90.5 Å².